The fraction of sp³-hybridized carbons (Fsp3) is 0.588. The van der Waals surface area contributed by atoms with Gasteiger partial charge in [0.2, 0.25) is 0 Å². The third-order valence-corrected chi connectivity index (χ3v) is 3.59. The number of unbranched alkanes of at least 4 members (excludes halogenated alkanes) is 7. The smallest absolute Gasteiger partial charge is 0.251 e. The molecule has 0 saturated carbocycles. The molecule has 4 heteroatoms. The Balaban J connectivity index is 2.16. The number of primary amides is 1. The van der Waals surface area contributed by atoms with Gasteiger partial charge in [0.05, 0.1) is 5.56 Å². The summed E-state index contributed by atoms with van der Waals surface area (Å²) >= 11 is 0. The van der Waals surface area contributed by atoms with E-state index in [-0.39, 0.29) is 5.56 Å². The number of amides is 1. The number of benzene rings is 1. The topological polar surface area (TPSA) is 55.1 Å². The van der Waals surface area contributed by atoms with E-state index in [0.717, 1.165) is 18.7 Å². The van der Waals surface area contributed by atoms with Crippen LogP contribution in [0.25, 0.3) is 0 Å². The molecule has 0 aliphatic heterocycles. The number of hydrogen-bond donors (Lipinski definition) is 2. The Labute approximate surface area is 127 Å². The van der Waals surface area contributed by atoms with E-state index in [2.05, 4.69) is 12.2 Å². The Bertz CT molecular complexity index is 435. The quantitative estimate of drug-likeness (QED) is 0.591. The van der Waals surface area contributed by atoms with Crippen LogP contribution in [0.3, 0.4) is 0 Å². The molecule has 0 aliphatic carbocycles. The molecule has 0 fully saturated rings. The van der Waals surface area contributed by atoms with Gasteiger partial charge in [0.25, 0.3) is 5.91 Å². The van der Waals surface area contributed by atoms with E-state index in [4.69, 9.17) is 5.73 Å². The van der Waals surface area contributed by atoms with Gasteiger partial charge in [-0.1, -0.05) is 51.9 Å². The van der Waals surface area contributed by atoms with Gasteiger partial charge >= 0.3 is 0 Å². The van der Waals surface area contributed by atoms with Crippen LogP contribution in [-0.4, -0.2) is 12.5 Å². The number of carbonyl (C=O) groups is 1. The van der Waals surface area contributed by atoms with Crippen molar-refractivity contribution < 1.29 is 9.18 Å². The standard InChI is InChI=1S/C17H27FN2O/c1-2-3-4-5-6-7-8-9-12-20-14-10-11-16(18)15(13-14)17(19)21/h10-11,13,20H,2-9,12H2,1H3,(H2,19,21). The second-order valence-electron chi connectivity index (χ2n) is 5.46. The Morgan fingerprint density at radius 1 is 1.10 bits per heavy atom. The highest BCUT2D eigenvalue weighted by Gasteiger charge is 2.08. The lowest BCUT2D eigenvalue weighted by Gasteiger charge is -2.08. The number of anilines is 1. The van der Waals surface area contributed by atoms with Gasteiger partial charge in [0.15, 0.2) is 0 Å². The number of halogens is 1. The molecule has 3 nitrogen and oxygen atoms in total. The molecule has 0 atom stereocenters. The van der Waals surface area contributed by atoms with E-state index in [1.54, 1.807) is 6.07 Å². The average Bonchev–Trinajstić information content (AvgIpc) is 2.47. The van der Waals surface area contributed by atoms with Gasteiger partial charge in [-0.15, -0.1) is 0 Å². The molecule has 3 N–H and O–H groups in total. The van der Waals surface area contributed by atoms with E-state index in [0.29, 0.717) is 0 Å². The van der Waals surface area contributed by atoms with Crippen molar-refractivity contribution in [3.8, 4) is 0 Å². The van der Waals surface area contributed by atoms with Crippen molar-refractivity contribution in [2.75, 3.05) is 11.9 Å². The van der Waals surface area contributed by atoms with Gasteiger partial charge in [-0.25, -0.2) is 4.39 Å². The van der Waals surface area contributed by atoms with Crippen molar-refractivity contribution in [2.24, 2.45) is 5.73 Å². The van der Waals surface area contributed by atoms with Crippen molar-refractivity contribution in [2.45, 2.75) is 58.3 Å². The van der Waals surface area contributed by atoms with Crippen LogP contribution in [0.5, 0.6) is 0 Å². The van der Waals surface area contributed by atoms with Crippen LogP contribution in [0.1, 0.15) is 68.6 Å². The van der Waals surface area contributed by atoms with Gasteiger partial charge in [0, 0.05) is 12.2 Å². The molecule has 1 amide bonds. The third kappa shape index (κ3) is 7.11. The first-order chi connectivity index (χ1) is 10.1. The van der Waals surface area contributed by atoms with Gasteiger partial charge in [-0.05, 0) is 24.6 Å². The Morgan fingerprint density at radius 2 is 1.71 bits per heavy atom. The molecule has 0 aromatic heterocycles. The molecule has 21 heavy (non-hydrogen) atoms. The van der Waals surface area contributed by atoms with Crippen LogP contribution in [0.4, 0.5) is 10.1 Å². The van der Waals surface area contributed by atoms with Crippen molar-refractivity contribution in [3.05, 3.63) is 29.6 Å². The maximum Gasteiger partial charge on any atom is 0.251 e. The molecule has 0 aliphatic rings. The van der Waals surface area contributed by atoms with Gasteiger partial charge in [-0.2, -0.15) is 0 Å². The van der Waals surface area contributed by atoms with Crippen molar-refractivity contribution >= 4 is 11.6 Å². The maximum absolute atomic E-state index is 13.3. The molecule has 0 spiro atoms. The predicted octanol–water partition coefficient (Wildman–Crippen LogP) is 4.48. The zero-order valence-corrected chi connectivity index (χ0v) is 13.0. The lowest BCUT2D eigenvalue weighted by atomic mass is 10.1. The highest BCUT2D eigenvalue weighted by molar-refractivity contribution is 5.94. The molecular weight excluding hydrogens is 267 g/mol. The summed E-state index contributed by atoms with van der Waals surface area (Å²) in [5.74, 6) is -1.30. The summed E-state index contributed by atoms with van der Waals surface area (Å²) in [6.45, 7) is 3.06. The monoisotopic (exact) mass is 294 g/mol. The number of rotatable bonds is 11. The minimum Gasteiger partial charge on any atom is -0.385 e. The minimum absolute atomic E-state index is 0.0593. The van der Waals surface area contributed by atoms with Crippen LogP contribution in [0.2, 0.25) is 0 Å². The second-order valence-corrected chi connectivity index (χ2v) is 5.46. The van der Waals surface area contributed by atoms with Crippen LogP contribution in [-0.2, 0) is 0 Å². The van der Waals surface area contributed by atoms with E-state index >= 15 is 0 Å². The lowest BCUT2D eigenvalue weighted by molar-refractivity contribution is 0.0996. The molecule has 1 aromatic carbocycles. The highest BCUT2D eigenvalue weighted by Crippen LogP contribution is 2.15. The van der Waals surface area contributed by atoms with Crippen LogP contribution in [0.15, 0.2) is 18.2 Å². The molecule has 0 bridgehead atoms. The molecule has 1 rings (SSSR count). The fourth-order valence-electron chi connectivity index (χ4n) is 2.32. The van der Waals surface area contributed by atoms with Crippen molar-refractivity contribution in [3.63, 3.8) is 0 Å². The molecule has 0 unspecified atom stereocenters. The Hall–Kier alpha value is -1.58. The zero-order valence-electron chi connectivity index (χ0n) is 13.0. The third-order valence-electron chi connectivity index (χ3n) is 3.59. The average molecular weight is 294 g/mol. The lowest BCUT2D eigenvalue weighted by Crippen LogP contribution is -2.13. The summed E-state index contributed by atoms with van der Waals surface area (Å²) < 4.78 is 13.3. The van der Waals surface area contributed by atoms with E-state index < -0.39 is 11.7 Å². The maximum atomic E-state index is 13.3. The van der Waals surface area contributed by atoms with E-state index in [1.165, 1.54) is 57.1 Å². The molecule has 0 saturated heterocycles. The summed E-state index contributed by atoms with van der Waals surface area (Å²) in [5, 5.41) is 3.20. The summed E-state index contributed by atoms with van der Waals surface area (Å²) in [6.07, 6.45) is 10.2. The van der Waals surface area contributed by atoms with Gasteiger partial charge in [-0.3, -0.25) is 4.79 Å². The molecular formula is C17H27FN2O. The fourth-order valence-corrected chi connectivity index (χ4v) is 2.32. The number of nitrogens with one attached hydrogen (secondary N) is 1. The summed E-state index contributed by atoms with van der Waals surface area (Å²) in [7, 11) is 0. The van der Waals surface area contributed by atoms with E-state index in [9.17, 15) is 9.18 Å². The summed E-state index contributed by atoms with van der Waals surface area (Å²) in [4.78, 5) is 11.1. The molecule has 0 radical (unpaired) electrons. The molecule has 1 aromatic rings. The first kappa shape index (κ1) is 17.5. The Morgan fingerprint density at radius 3 is 2.33 bits per heavy atom. The highest BCUT2D eigenvalue weighted by atomic mass is 19.1. The zero-order chi connectivity index (χ0) is 15.5. The number of carbonyl (C=O) groups excluding carboxylic acids is 1. The largest absolute Gasteiger partial charge is 0.385 e. The van der Waals surface area contributed by atoms with Crippen LogP contribution >= 0.6 is 0 Å². The van der Waals surface area contributed by atoms with Crippen LogP contribution in [0, 0.1) is 5.82 Å². The second kappa shape index (κ2) is 10.2. The van der Waals surface area contributed by atoms with Crippen molar-refractivity contribution in [1.82, 2.24) is 0 Å². The molecule has 0 heterocycles. The summed E-state index contributed by atoms with van der Waals surface area (Å²) in [5.41, 5.74) is 5.81. The predicted molar refractivity (Wildman–Crippen MR) is 86.0 cm³/mol. The minimum atomic E-state index is -0.733. The van der Waals surface area contributed by atoms with Crippen molar-refractivity contribution in [1.29, 1.82) is 0 Å². The summed E-state index contributed by atoms with van der Waals surface area (Å²) in [6, 6.07) is 4.38. The number of hydrogen-bond acceptors (Lipinski definition) is 2. The van der Waals surface area contributed by atoms with Gasteiger partial charge in [0.1, 0.15) is 5.82 Å². The van der Waals surface area contributed by atoms with Gasteiger partial charge < -0.3 is 11.1 Å². The SMILES string of the molecule is CCCCCCCCCCNc1ccc(F)c(C(N)=O)c1. The normalized spacial score (nSPS) is 10.6. The first-order valence-corrected chi connectivity index (χ1v) is 7.98. The Kier molecular flexibility index (Phi) is 8.48. The van der Waals surface area contributed by atoms with Crippen LogP contribution < -0.4 is 11.1 Å². The van der Waals surface area contributed by atoms with E-state index in [1.807, 2.05) is 0 Å². The molecule has 118 valence electrons. The number of nitrogens with two attached hydrogens (primary N) is 1. The first-order valence-electron chi connectivity index (χ1n) is 7.98.